The fraction of sp³-hybridized carbons (Fsp3) is 0.778. The number of hydrogen-bond acceptors (Lipinski definition) is 3. The molecule has 0 aromatic rings. The van der Waals surface area contributed by atoms with Crippen LogP contribution in [0, 0.1) is 5.92 Å². The van der Waals surface area contributed by atoms with Crippen molar-refractivity contribution in [3.63, 3.8) is 0 Å². The van der Waals surface area contributed by atoms with Crippen molar-refractivity contribution in [1.82, 2.24) is 14.7 Å². The highest BCUT2D eigenvalue weighted by molar-refractivity contribution is 5.84. The summed E-state index contributed by atoms with van der Waals surface area (Å²) in [6.45, 7) is 5.11. The van der Waals surface area contributed by atoms with Gasteiger partial charge in [-0.1, -0.05) is 11.6 Å². The topological polar surface area (TPSA) is 43.9 Å². The normalized spacial score (nSPS) is 25.8. The molecule has 0 saturated carbocycles. The number of carbonyl (C=O) groups excluding carboxylic acids is 2. The average Bonchev–Trinajstić information content (AvgIpc) is 2.59. The van der Waals surface area contributed by atoms with Crippen LogP contribution in [0.2, 0.25) is 0 Å². The zero-order valence-corrected chi connectivity index (χ0v) is 14.3. The molecule has 128 valence electrons. The van der Waals surface area contributed by atoms with E-state index >= 15 is 0 Å². The van der Waals surface area contributed by atoms with Gasteiger partial charge in [0.2, 0.25) is 11.8 Å². The highest BCUT2D eigenvalue weighted by Gasteiger charge is 2.28. The van der Waals surface area contributed by atoms with Crippen LogP contribution in [0.25, 0.3) is 0 Å². The number of nitrogens with zero attached hydrogens (tertiary/aromatic N) is 3. The van der Waals surface area contributed by atoms with E-state index in [9.17, 15) is 9.59 Å². The van der Waals surface area contributed by atoms with Gasteiger partial charge in [0.1, 0.15) is 0 Å². The van der Waals surface area contributed by atoms with Crippen LogP contribution >= 0.6 is 0 Å². The molecule has 3 aliphatic rings. The fourth-order valence-corrected chi connectivity index (χ4v) is 3.94. The minimum absolute atomic E-state index is 0.137. The Hall–Kier alpha value is -1.36. The molecule has 3 rings (SSSR count). The zero-order valence-electron chi connectivity index (χ0n) is 14.3. The molecule has 0 bridgehead atoms. The Balaban J connectivity index is 1.44. The number of carbonyl (C=O) groups is 2. The molecule has 0 N–H and O–H groups in total. The van der Waals surface area contributed by atoms with E-state index in [4.69, 9.17) is 0 Å². The van der Waals surface area contributed by atoms with Crippen molar-refractivity contribution in [2.45, 2.75) is 38.5 Å². The van der Waals surface area contributed by atoms with Crippen molar-refractivity contribution < 1.29 is 9.59 Å². The van der Waals surface area contributed by atoms with E-state index in [1.54, 1.807) is 0 Å². The molecular formula is C18H29N3O2. The minimum atomic E-state index is 0.137. The number of hydrogen-bond donors (Lipinski definition) is 0. The quantitative estimate of drug-likeness (QED) is 0.741. The SMILES string of the molecule is CN1CCN(C(=O)CCC(=O)N2CCC3CCCC=C3C2)CC1. The van der Waals surface area contributed by atoms with Crippen LogP contribution in [-0.4, -0.2) is 72.8 Å². The third-order valence-electron chi connectivity index (χ3n) is 5.57. The standard InChI is InChI=1S/C18H29N3O2/c1-19-10-12-20(13-11-19)17(22)6-7-18(23)21-9-8-15-4-2-3-5-16(15)14-21/h5,15H,2-4,6-14H2,1H3. The summed E-state index contributed by atoms with van der Waals surface area (Å²) in [6.07, 6.45) is 7.91. The number of piperidine rings is 1. The third kappa shape index (κ3) is 4.14. The van der Waals surface area contributed by atoms with Crippen LogP contribution in [0.1, 0.15) is 38.5 Å². The monoisotopic (exact) mass is 319 g/mol. The summed E-state index contributed by atoms with van der Waals surface area (Å²) in [5.74, 6) is 0.996. The van der Waals surface area contributed by atoms with Gasteiger partial charge < -0.3 is 14.7 Å². The summed E-state index contributed by atoms with van der Waals surface area (Å²) in [5, 5.41) is 0. The lowest BCUT2D eigenvalue weighted by molar-refractivity contribution is -0.138. The molecule has 0 radical (unpaired) electrons. The summed E-state index contributed by atoms with van der Waals surface area (Å²) < 4.78 is 0. The van der Waals surface area contributed by atoms with Crippen LogP contribution in [0.3, 0.4) is 0 Å². The first kappa shape index (κ1) is 16.5. The van der Waals surface area contributed by atoms with Gasteiger partial charge in [0.25, 0.3) is 0 Å². The molecule has 0 aromatic carbocycles. The van der Waals surface area contributed by atoms with E-state index < -0.39 is 0 Å². The molecule has 1 unspecified atom stereocenters. The molecule has 0 spiro atoms. The Labute approximate surface area is 139 Å². The van der Waals surface area contributed by atoms with Crippen molar-refractivity contribution in [1.29, 1.82) is 0 Å². The van der Waals surface area contributed by atoms with Crippen molar-refractivity contribution in [2.75, 3.05) is 46.3 Å². The highest BCUT2D eigenvalue weighted by atomic mass is 16.2. The minimum Gasteiger partial charge on any atom is -0.340 e. The number of allylic oxidation sites excluding steroid dienone is 1. The summed E-state index contributed by atoms with van der Waals surface area (Å²) in [7, 11) is 2.08. The predicted molar refractivity (Wildman–Crippen MR) is 89.9 cm³/mol. The Morgan fingerprint density at radius 2 is 1.70 bits per heavy atom. The average molecular weight is 319 g/mol. The van der Waals surface area contributed by atoms with E-state index in [2.05, 4.69) is 18.0 Å². The van der Waals surface area contributed by atoms with Crippen LogP contribution in [0.15, 0.2) is 11.6 Å². The van der Waals surface area contributed by atoms with Gasteiger partial charge in [0, 0.05) is 52.1 Å². The second kappa shape index (κ2) is 7.47. The second-order valence-corrected chi connectivity index (χ2v) is 7.19. The Morgan fingerprint density at radius 1 is 1.00 bits per heavy atom. The van der Waals surface area contributed by atoms with Crippen LogP contribution < -0.4 is 0 Å². The van der Waals surface area contributed by atoms with E-state index in [1.807, 2.05) is 9.80 Å². The fourth-order valence-electron chi connectivity index (χ4n) is 3.94. The molecule has 2 aliphatic heterocycles. The zero-order chi connectivity index (χ0) is 16.2. The van der Waals surface area contributed by atoms with Gasteiger partial charge in [-0.3, -0.25) is 9.59 Å². The molecule has 23 heavy (non-hydrogen) atoms. The smallest absolute Gasteiger partial charge is 0.223 e. The molecule has 2 fully saturated rings. The van der Waals surface area contributed by atoms with Crippen molar-refractivity contribution in [3.05, 3.63) is 11.6 Å². The van der Waals surface area contributed by atoms with Crippen LogP contribution in [0.4, 0.5) is 0 Å². The van der Waals surface area contributed by atoms with Crippen LogP contribution in [0.5, 0.6) is 0 Å². The first-order valence-corrected chi connectivity index (χ1v) is 9.06. The number of likely N-dealkylation sites (N-methyl/N-ethyl adjacent to an activating group) is 1. The first-order chi connectivity index (χ1) is 11.1. The van der Waals surface area contributed by atoms with Crippen molar-refractivity contribution >= 4 is 11.8 Å². The maximum atomic E-state index is 12.4. The molecule has 5 heteroatoms. The van der Waals surface area contributed by atoms with Crippen molar-refractivity contribution in [2.24, 2.45) is 5.92 Å². The Kier molecular flexibility index (Phi) is 5.36. The van der Waals surface area contributed by atoms with Gasteiger partial charge in [0.15, 0.2) is 0 Å². The Morgan fingerprint density at radius 3 is 2.43 bits per heavy atom. The first-order valence-electron chi connectivity index (χ1n) is 9.06. The molecule has 0 aromatic heterocycles. The summed E-state index contributed by atoms with van der Waals surface area (Å²) >= 11 is 0. The number of rotatable bonds is 3. The van der Waals surface area contributed by atoms with E-state index in [1.165, 1.54) is 18.4 Å². The maximum absolute atomic E-state index is 12.4. The molecule has 2 amide bonds. The van der Waals surface area contributed by atoms with Gasteiger partial charge >= 0.3 is 0 Å². The number of fused-ring (bicyclic) bond motifs is 1. The third-order valence-corrected chi connectivity index (χ3v) is 5.57. The molecule has 2 saturated heterocycles. The molecule has 5 nitrogen and oxygen atoms in total. The van der Waals surface area contributed by atoms with E-state index in [0.717, 1.165) is 52.1 Å². The van der Waals surface area contributed by atoms with Gasteiger partial charge in [0.05, 0.1) is 0 Å². The molecule has 1 aliphatic carbocycles. The summed E-state index contributed by atoms with van der Waals surface area (Å²) in [4.78, 5) is 30.8. The van der Waals surface area contributed by atoms with Crippen LogP contribution in [-0.2, 0) is 9.59 Å². The van der Waals surface area contributed by atoms with E-state index in [-0.39, 0.29) is 11.8 Å². The lowest BCUT2D eigenvalue weighted by Crippen LogP contribution is -2.47. The lowest BCUT2D eigenvalue weighted by atomic mass is 9.82. The van der Waals surface area contributed by atoms with Crippen molar-refractivity contribution in [3.8, 4) is 0 Å². The Bertz CT molecular complexity index is 481. The van der Waals surface area contributed by atoms with Gasteiger partial charge in [-0.2, -0.15) is 0 Å². The molecular weight excluding hydrogens is 290 g/mol. The summed E-state index contributed by atoms with van der Waals surface area (Å²) in [5.41, 5.74) is 1.46. The summed E-state index contributed by atoms with van der Waals surface area (Å²) in [6, 6.07) is 0. The molecule has 1 atom stereocenters. The maximum Gasteiger partial charge on any atom is 0.223 e. The lowest BCUT2D eigenvalue weighted by Gasteiger charge is -2.36. The van der Waals surface area contributed by atoms with E-state index in [0.29, 0.717) is 18.8 Å². The van der Waals surface area contributed by atoms with Gasteiger partial charge in [-0.25, -0.2) is 0 Å². The van der Waals surface area contributed by atoms with Gasteiger partial charge in [-0.15, -0.1) is 0 Å². The number of amides is 2. The largest absolute Gasteiger partial charge is 0.340 e. The predicted octanol–water partition coefficient (Wildman–Crippen LogP) is 1.50. The number of likely N-dealkylation sites (tertiary alicyclic amines) is 1. The second-order valence-electron chi connectivity index (χ2n) is 7.19. The molecule has 2 heterocycles. The highest BCUT2D eigenvalue weighted by Crippen LogP contribution is 2.32. The van der Waals surface area contributed by atoms with Gasteiger partial charge in [-0.05, 0) is 38.6 Å². The number of piperazine rings is 1.